The van der Waals surface area contributed by atoms with Gasteiger partial charge >= 0.3 is 0 Å². The fourth-order valence-corrected chi connectivity index (χ4v) is 1.34. The van der Waals surface area contributed by atoms with Crippen molar-refractivity contribution in [2.45, 2.75) is 6.54 Å². The maximum atomic E-state index is 4.09. The van der Waals surface area contributed by atoms with E-state index < -0.39 is 0 Å². The summed E-state index contributed by atoms with van der Waals surface area (Å²) < 4.78 is 0.752. The first-order chi connectivity index (χ1) is 7.34. The van der Waals surface area contributed by atoms with Crippen molar-refractivity contribution in [1.29, 1.82) is 0 Å². The molecule has 2 aromatic heterocycles. The maximum Gasteiger partial charge on any atom is 0.130 e. The summed E-state index contributed by atoms with van der Waals surface area (Å²) in [5, 5.41) is 3.13. The molecule has 0 unspecified atom stereocenters. The highest BCUT2D eigenvalue weighted by molar-refractivity contribution is 9.10. The van der Waals surface area contributed by atoms with Crippen LogP contribution in [0.25, 0.3) is 0 Å². The Hall–Kier alpha value is -1.56. The van der Waals surface area contributed by atoms with Gasteiger partial charge in [-0.05, 0) is 22.0 Å². The molecule has 0 aliphatic carbocycles. The number of hydrogen-bond acceptors (Lipinski definition) is 5. The van der Waals surface area contributed by atoms with Crippen molar-refractivity contribution in [2.24, 2.45) is 0 Å². The van der Waals surface area contributed by atoms with Gasteiger partial charge < -0.3 is 5.32 Å². The molecule has 0 amide bonds. The maximum absolute atomic E-state index is 4.09. The smallest absolute Gasteiger partial charge is 0.130 e. The van der Waals surface area contributed by atoms with Gasteiger partial charge in [0.1, 0.15) is 23.1 Å². The summed E-state index contributed by atoms with van der Waals surface area (Å²) in [5.74, 6) is 0.760. The SMILES string of the molecule is Brc1cc(NCc2ccncn2)ncn1. The molecule has 2 rings (SSSR count). The Kier molecular flexibility index (Phi) is 3.18. The predicted molar refractivity (Wildman–Crippen MR) is 59.1 cm³/mol. The molecule has 1 N–H and O–H groups in total. The van der Waals surface area contributed by atoms with E-state index in [1.807, 2.05) is 6.07 Å². The second-order valence-corrected chi connectivity index (χ2v) is 3.59. The number of rotatable bonds is 3. The summed E-state index contributed by atoms with van der Waals surface area (Å²) in [6, 6.07) is 3.66. The van der Waals surface area contributed by atoms with Gasteiger partial charge in [0.25, 0.3) is 0 Å². The van der Waals surface area contributed by atoms with E-state index in [1.54, 1.807) is 12.3 Å². The number of halogens is 1. The first-order valence-corrected chi connectivity index (χ1v) is 5.10. The number of anilines is 1. The van der Waals surface area contributed by atoms with Gasteiger partial charge in [0.15, 0.2) is 0 Å². The Labute approximate surface area is 95.1 Å². The minimum absolute atomic E-state index is 0.617. The number of aromatic nitrogens is 4. The zero-order valence-corrected chi connectivity index (χ0v) is 9.35. The fraction of sp³-hybridized carbons (Fsp3) is 0.111. The van der Waals surface area contributed by atoms with Crippen molar-refractivity contribution in [2.75, 3.05) is 5.32 Å². The average molecular weight is 266 g/mol. The fourth-order valence-electron chi connectivity index (χ4n) is 1.03. The molecular formula is C9H8BrN5. The molecule has 2 heterocycles. The van der Waals surface area contributed by atoms with Crippen LogP contribution in [0.2, 0.25) is 0 Å². The average Bonchev–Trinajstić information content (AvgIpc) is 2.28. The Morgan fingerprint density at radius 3 is 2.87 bits per heavy atom. The molecule has 0 aliphatic rings. The third-order valence-corrected chi connectivity index (χ3v) is 2.16. The molecule has 0 spiro atoms. The predicted octanol–water partition coefficient (Wildman–Crippen LogP) is 1.64. The molecule has 0 radical (unpaired) electrons. The molecule has 0 atom stereocenters. The van der Waals surface area contributed by atoms with Crippen LogP contribution in [-0.2, 0) is 6.54 Å². The zero-order valence-electron chi connectivity index (χ0n) is 7.76. The first kappa shape index (κ1) is 9.97. The third kappa shape index (κ3) is 2.95. The van der Waals surface area contributed by atoms with E-state index in [1.165, 1.54) is 12.7 Å². The molecule has 15 heavy (non-hydrogen) atoms. The first-order valence-electron chi connectivity index (χ1n) is 4.31. The van der Waals surface area contributed by atoms with E-state index in [0.29, 0.717) is 6.54 Å². The largest absolute Gasteiger partial charge is 0.364 e. The molecule has 76 valence electrons. The molecule has 0 bridgehead atoms. The van der Waals surface area contributed by atoms with Gasteiger partial charge in [-0.1, -0.05) is 0 Å². The van der Waals surface area contributed by atoms with Crippen LogP contribution in [0.15, 0.2) is 35.6 Å². The van der Waals surface area contributed by atoms with Gasteiger partial charge in [-0.3, -0.25) is 0 Å². The van der Waals surface area contributed by atoms with Crippen molar-refractivity contribution in [3.63, 3.8) is 0 Å². The van der Waals surface area contributed by atoms with Crippen LogP contribution >= 0.6 is 15.9 Å². The number of nitrogens with one attached hydrogen (secondary N) is 1. The molecular weight excluding hydrogens is 258 g/mol. The van der Waals surface area contributed by atoms with Crippen LogP contribution in [0.4, 0.5) is 5.82 Å². The molecule has 5 nitrogen and oxygen atoms in total. The minimum Gasteiger partial charge on any atom is -0.364 e. The van der Waals surface area contributed by atoms with E-state index in [2.05, 4.69) is 41.2 Å². The van der Waals surface area contributed by atoms with Gasteiger partial charge in [0, 0.05) is 12.3 Å². The molecule has 6 heteroatoms. The summed E-state index contributed by atoms with van der Waals surface area (Å²) in [4.78, 5) is 15.9. The van der Waals surface area contributed by atoms with Gasteiger partial charge in [0.05, 0.1) is 12.2 Å². The van der Waals surface area contributed by atoms with E-state index >= 15 is 0 Å². The van der Waals surface area contributed by atoms with Crippen molar-refractivity contribution in [3.05, 3.63) is 41.3 Å². The van der Waals surface area contributed by atoms with Crippen LogP contribution in [-0.4, -0.2) is 19.9 Å². The summed E-state index contributed by atoms with van der Waals surface area (Å²) >= 11 is 3.27. The van der Waals surface area contributed by atoms with Crippen molar-refractivity contribution in [3.8, 4) is 0 Å². The standard InChI is InChI=1S/C9H8BrN5/c10-8-3-9(15-6-14-8)12-4-7-1-2-11-5-13-7/h1-3,5-6H,4H2,(H,12,14,15). The monoisotopic (exact) mass is 265 g/mol. The Morgan fingerprint density at radius 2 is 2.13 bits per heavy atom. The highest BCUT2D eigenvalue weighted by atomic mass is 79.9. The molecule has 0 aliphatic heterocycles. The lowest BCUT2D eigenvalue weighted by Crippen LogP contribution is -2.03. The van der Waals surface area contributed by atoms with Gasteiger partial charge in [-0.25, -0.2) is 19.9 Å². The topological polar surface area (TPSA) is 63.6 Å². The summed E-state index contributed by atoms with van der Waals surface area (Å²) in [6.45, 7) is 0.617. The lowest BCUT2D eigenvalue weighted by molar-refractivity contribution is 0.989. The van der Waals surface area contributed by atoms with E-state index in [4.69, 9.17) is 0 Å². The van der Waals surface area contributed by atoms with E-state index in [-0.39, 0.29) is 0 Å². The minimum atomic E-state index is 0.617. The number of nitrogens with zero attached hydrogens (tertiary/aromatic N) is 4. The van der Waals surface area contributed by atoms with Crippen LogP contribution in [0.3, 0.4) is 0 Å². The Balaban J connectivity index is 1.99. The third-order valence-electron chi connectivity index (χ3n) is 1.73. The second-order valence-electron chi connectivity index (χ2n) is 2.78. The highest BCUT2D eigenvalue weighted by Gasteiger charge is 1.96. The van der Waals surface area contributed by atoms with Crippen LogP contribution < -0.4 is 5.32 Å². The molecule has 0 saturated heterocycles. The molecule has 0 saturated carbocycles. The Bertz CT molecular complexity index is 434. The lowest BCUT2D eigenvalue weighted by Gasteiger charge is -2.03. The highest BCUT2D eigenvalue weighted by Crippen LogP contribution is 2.09. The summed E-state index contributed by atoms with van der Waals surface area (Å²) in [5.41, 5.74) is 0.916. The molecule has 0 aromatic carbocycles. The normalized spacial score (nSPS) is 9.93. The Morgan fingerprint density at radius 1 is 1.20 bits per heavy atom. The zero-order chi connectivity index (χ0) is 10.5. The summed E-state index contributed by atoms with van der Waals surface area (Å²) in [6.07, 6.45) is 4.72. The van der Waals surface area contributed by atoms with Gasteiger partial charge in [-0.2, -0.15) is 0 Å². The van der Waals surface area contributed by atoms with Crippen molar-refractivity contribution in [1.82, 2.24) is 19.9 Å². The van der Waals surface area contributed by atoms with E-state index in [9.17, 15) is 0 Å². The second kappa shape index (κ2) is 4.79. The van der Waals surface area contributed by atoms with Crippen molar-refractivity contribution < 1.29 is 0 Å². The van der Waals surface area contributed by atoms with Crippen LogP contribution in [0, 0.1) is 0 Å². The molecule has 2 aromatic rings. The lowest BCUT2D eigenvalue weighted by atomic mass is 10.4. The van der Waals surface area contributed by atoms with Crippen molar-refractivity contribution >= 4 is 21.7 Å². The molecule has 0 fully saturated rings. The van der Waals surface area contributed by atoms with E-state index in [0.717, 1.165) is 16.1 Å². The van der Waals surface area contributed by atoms with Crippen LogP contribution in [0.5, 0.6) is 0 Å². The number of hydrogen-bond donors (Lipinski definition) is 1. The quantitative estimate of drug-likeness (QED) is 0.855. The van der Waals surface area contributed by atoms with Gasteiger partial charge in [-0.15, -0.1) is 0 Å². The van der Waals surface area contributed by atoms with Gasteiger partial charge in [0.2, 0.25) is 0 Å². The van der Waals surface area contributed by atoms with Crippen LogP contribution in [0.1, 0.15) is 5.69 Å². The summed E-state index contributed by atoms with van der Waals surface area (Å²) in [7, 11) is 0.